The molecule has 0 radical (unpaired) electrons. The van der Waals surface area contributed by atoms with E-state index in [4.69, 9.17) is 17.3 Å². The van der Waals surface area contributed by atoms with Gasteiger partial charge in [-0.1, -0.05) is 31.9 Å². The second-order valence-electron chi connectivity index (χ2n) is 3.86. The van der Waals surface area contributed by atoms with E-state index in [-0.39, 0.29) is 16.9 Å². The van der Waals surface area contributed by atoms with E-state index in [9.17, 15) is 4.79 Å². The van der Waals surface area contributed by atoms with Crippen molar-refractivity contribution in [2.45, 2.75) is 53.0 Å². The van der Waals surface area contributed by atoms with Gasteiger partial charge in [0.2, 0.25) is 0 Å². The number of halogens is 1. The molecule has 0 aliphatic rings. The Labute approximate surface area is 103 Å². The molecule has 0 amide bonds. The number of rotatable bonds is 6. The fourth-order valence-electron chi connectivity index (χ4n) is 1.42. The molecule has 0 aliphatic carbocycles. The molecule has 92 valence electrons. The summed E-state index contributed by atoms with van der Waals surface area (Å²) in [4.78, 5) is 15.6. The molecule has 16 heavy (non-hydrogen) atoms. The zero-order chi connectivity index (χ0) is 12.7. The molecule has 0 aromatic heterocycles. The number of carbonyl (C=O) groups is 1. The third kappa shape index (κ3) is 4.79. The van der Waals surface area contributed by atoms with Gasteiger partial charge in [-0.25, -0.2) is 0 Å². The number of Topliss-reactive ketones (excluding diaryl/α,β-unsaturated/α-hetero) is 1. The van der Waals surface area contributed by atoms with Crippen LogP contribution >= 0.6 is 11.6 Å². The lowest BCUT2D eigenvalue weighted by Crippen LogP contribution is -2.19. The summed E-state index contributed by atoms with van der Waals surface area (Å²) in [5.41, 5.74) is 7.27. The van der Waals surface area contributed by atoms with E-state index in [2.05, 4.69) is 11.9 Å². The average Bonchev–Trinajstić information content (AvgIpc) is 2.24. The normalized spacial score (nSPS) is 15.7. The number of allylic oxidation sites excluding steroid dienone is 1. The lowest BCUT2D eigenvalue weighted by atomic mass is 10.1. The van der Waals surface area contributed by atoms with Gasteiger partial charge in [0.1, 0.15) is 5.03 Å². The summed E-state index contributed by atoms with van der Waals surface area (Å²) in [5, 5.41) is 0.111. The summed E-state index contributed by atoms with van der Waals surface area (Å²) < 4.78 is 0. The van der Waals surface area contributed by atoms with Crippen LogP contribution in [-0.4, -0.2) is 17.5 Å². The zero-order valence-corrected chi connectivity index (χ0v) is 11.3. The van der Waals surface area contributed by atoms with Crippen LogP contribution in [0.15, 0.2) is 15.7 Å². The van der Waals surface area contributed by atoms with E-state index in [0.29, 0.717) is 5.70 Å². The molecule has 0 rings (SSSR count). The van der Waals surface area contributed by atoms with Crippen LogP contribution in [0.1, 0.15) is 47.0 Å². The summed E-state index contributed by atoms with van der Waals surface area (Å²) in [7, 11) is 0. The SMILES string of the molecule is CCCC(C)=NC(CC)/C(N)=C(/Cl)C(C)=O. The van der Waals surface area contributed by atoms with Crippen LogP contribution in [0.3, 0.4) is 0 Å². The minimum absolute atomic E-state index is 0.111. The Bertz CT molecular complexity index is 308. The van der Waals surface area contributed by atoms with Crippen molar-refractivity contribution in [3.63, 3.8) is 0 Å². The maximum Gasteiger partial charge on any atom is 0.172 e. The van der Waals surface area contributed by atoms with Crippen molar-refractivity contribution in [1.82, 2.24) is 0 Å². The minimum atomic E-state index is -0.207. The molecule has 0 saturated heterocycles. The summed E-state index contributed by atoms with van der Waals surface area (Å²) >= 11 is 5.84. The first kappa shape index (κ1) is 15.2. The van der Waals surface area contributed by atoms with Crippen molar-refractivity contribution in [2.24, 2.45) is 10.7 Å². The summed E-state index contributed by atoms with van der Waals surface area (Å²) in [6.45, 7) is 7.46. The topological polar surface area (TPSA) is 55.4 Å². The summed E-state index contributed by atoms with van der Waals surface area (Å²) in [5.74, 6) is -0.207. The fourth-order valence-corrected chi connectivity index (χ4v) is 1.55. The van der Waals surface area contributed by atoms with Crippen molar-refractivity contribution in [2.75, 3.05) is 0 Å². The molecule has 0 aromatic carbocycles. The molecule has 0 aliphatic heterocycles. The van der Waals surface area contributed by atoms with Gasteiger partial charge >= 0.3 is 0 Å². The average molecular weight is 245 g/mol. The Morgan fingerprint density at radius 1 is 1.38 bits per heavy atom. The van der Waals surface area contributed by atoms with Gasteiger partial charge in [0, 0.05) is 12.6 Å². The highest BCUT2D eigenvalue weighted by molar-refractivity contribution is 6.42. The van der Waals surface area contributed by atoms with Gasteiger partial charge in [-0.2, -0.15) is 0 Å². The van der Waals surface area contributed by atoms with E-state index >= 15 is 0 Å². The highest BCUT2D eigenvalue weighted by Crippen LogP contribution is 2.15. The van der Waals surface area contributed by atoms with Gasteiger partial charge in [0.15, 0.2) is 5.78 Å². The molecule has 2 N–H and O–H groups in total. The number of nitrogens with zero attached hydrogens (tertiary/aromatic N) is 1. The van der Waals surface area contributed by atoms with Crippen molar-refractivity contribution >= 4 is 23.1 Å². The van der Waals surface area contributed by atoms with Crippen LogP contribution in [0.2, 0.25) is 0 Å². The van der Waals surface area contributed by atoms with Crippen molar-refractivity contribution in [3.05, 3.63) is 10.7 Å². The smallest absolute Gasteiger partial charge is 0.172 e. The minimum Gasteiger partial charge on any atom is -0.399 e. The highest BCUT2D eigenvalue weighted by atomic mass is 35.5. The Morgan fingerprint density at radius 3 is 2.31 bits per heavy atom. The van der Waals surface area contributed by atoms with Crippen LogP contribution in [-0.2, 0) is 4.79 Å². The third-order valence-electron chi connectivity index (χ3n) is 2.30. The molecule has 3 nitrogen and oxygen atoms in total. The van der Waals surface area contributed by atoms with Crippen LogP contribution in [0, 0.1) is 0 Å². The number of hydrogen-bond donors (Lipinski definition) is 1. The van der Waals surface area contributed by atoms with E-state index in [1.807, 2.05) is 13.8 Å². The molecule has 0 bridgehead atoms. The van der Waals surface area contributed by atoms with Gasteiger partial charge in [-0.15, -0.1) is 0 Å². The molecular formula is C12H21ClN2O. The van der Waals surface area contributed by atoms with Gasteiger partial charge in [-0.05, 0) is 19.8 Å². The number of carbonyl (C=O) groups excluding carboxylic acids is 1. The first-order valence-electron chi connectivity index (χ1n) is 5.63. The quantitative estimate of drug-likeness (QED) is 0.577. The molecule has 0 heterocycles. The Kier molecular flexibility index (Phi) is 7.06. The number of ketones is 1. The van der Waals surface area contributed by atoms with Crippen LogP contribution in [0.4, 0.5) is 0 Å². The van der Waals surface area contributed by atoms with Crippen LogP contribution < -0.4 is 5.73 Å². The Hall–Kier alpha value is -0.830. The van der Waals surface area contributed by atoms with Crippen LogP contribution in [0.25, 0.3) is 0 Å². The summed E-state index contributed by atoms with van der Waals surface area (Å²) in [6, 6.07) is -0.178. The number of aliphatic imine (C=N–C) groups is 1. The fraction of sp³-hybridized carbons (Fsp3) is 0.667. The van der Waals surface area contributed by atoms with Crippen molar-refractivity contribution in [3.8, 4) is 0 Å². The standard InChI is InChI=1S/C12H21ClN2O/c1-5-7-8(3)15-10(6-2)12(14)11(13)9(4)16/h10H,5-7,14H2,1-4H3/b12-11-,15-8?. The van der Waals surface area contributed by atoms with Gasteiger partial charge < -0.3 is 5.73 Å². The highest BCUT2D eigenvalue weighted by Gasteiger charge is 2.14. The molecular weight excluding hydrogens is 224 g/mol. The number of hydrogen-bond acceptors (Lipinski definition) is 3. The molecule has 0 spiro atoms. The Balaban J connectivity index is 4.94. The molecule has 0 fully saturated rings. The summed E-state index contributed by atoms with van der Waals surface area (Å²) in [6.07, 6.45) is 2.74. The molecule has 1 atom stereocenters. The predicted octanol–water partition coefficient (Wildman–Crippen LogP) is 3.02. The van der Waals surface area contributed by atoms with E-state index in [1.54, 1.807) is 0 Å². The Morgan fingerprint density at radius 2 is 1.94 bits per heavy atom. The second kappa shape index (κ2) is 7.44. The van der Waals surface area contributed by atoms with E-state index in [0.717, 1.165) is 25.0 Å². The van der Waals surface area contributed by atoms with Gasteiger partial charge in [0.05, 0.1) is 11.7 Å². The van der Waals surface area contributed by atoms with Crippen molar-refractivity contribution < 1.29 is 4.79 Å². The van der Waals surface area contributed by atoms with Gasteiger partial charge in [0.25, 0.3) is 0 Å². The molecule has 0 saturated carbocycles. The molecule has 0 aromatic rings. The van der Waals surface area contributed by atoms with E-state index < -0.39 is 0 Å². The first-order chi connectivity index (χ1) is 7.43. The van der Waals surface area contributed by atoms with Crippen LogP contribution in [0.5, 0.6) is 0 Å². The largest absolute Gasteiger partial charge is 0.399 e. The lowest BCUT2D eigenvalue weighted by molar-refractivity contribution is -0.113. The molecule has 1 unspecified atom stereocenters. The third-order valence-corrected chi connectivity index (χ3v) is 2.78. The second-order valence-corrected chi connectivity index (χ2v) is 4.24. The predicted molar refractivity (Wildman–Crippen MR) is 69.8 cm³/mol. The maximum atomic E-state index is 11.1. The lowest BCUT2D eigenvalue weighted by Gasteiger charge is -2.13. The monoisotopic (exact) mass is 244 g/mol. The zero-order valence-electron chi connectivity index (χ0n) is 10.5. The maximum absolute atomic E-state index is 11.1. The molecule has 4 heteroatoms. The number of nitrogens with two attached hydrogens (primary N) is 1. The van der Waals surface area contributed by atoms with Gasteiger partial charge in [-0.3, -0.25) is 9.79 Å². The van der Waals surface area contributed by atoms with Crippen molar-refractivity contribution in [1.29, 1.82) is 0 Å². The van der Waals surface area contributed by atoms with E-state index in [1.165, 1.54) is 6.92 Å². The first-order valence-corrected chi connectivity index (χ1v) is 6.01.